The molecule has 0 bridgehead atoms. The van der Waals surface area contributed by atoms with Crippen LogP contribution in [0.4, 0.5) is 8.78 Å². The third-order valence-corrected chi connectivity index (χ3v) is 3.58. The van der Waals surface area contributed by atoms with Crippen molar-refractivity contribution in [2.75, 3.05) is 0 Å². The van der Waals surface area contributed by atoms with Gasteiger partial charge in [-0.25, -0.2) is 8.78 Å². The van der Waals surface area contributed by atoms with E-state index in [2.05, 4.69) is 15.9 Å². The largest absolute Gasteiger partial charge is 0.207 e. The normalized spacial score (nSPS) is 12.5. The maximum Gasteiger partial charge on any atom is 0.131 e. The average Bonchev–Trinajstić information content (AvgIpc) is 2.26. The molecule has 0 fully saturated rings. The van der Waals surface area contributed by atoms with E-state index in [1.807, 2.05) is 0 Å². The van der Waals surface area contributed by atoms with E-state index in [1.165, 1.54) is 12.1 Å². The van der Waals surface area contributed by atoms with Gasteiger partial charge in [-0.2, -0.15) is 0 Å². The molecule has 94 valence electrons. The molecule has 0 spiro atoms. The Balaban J connectivity index is 2.44. The molecule has 0 aliphatic rings. The van der Waals surface area contributed by atoms with Crippen LogP contribution >= 0.6 is 39.1 Å². The lowest BCUT2D eigenvalue weighted by molar-refractivity contribution is 0.573. The van der Waals surface area contributed by atoms with E-state index in [9.17, 15) is 8.78 Å². The molecular formula is C13H7BrCl2F2. The van der Waals surface area contributed by atoms with Crippen LogP contribution in [0.1, 0.15) is 16.5 Å². The Hall–Kier alpha value is -0.640. The standard InChI is InChI=1S/C13H7BrCl2F2/c14-8-3-7(4-9(15)5-8)13(16)11-2-1-10(17)6-12(11)18/h1-6,13H. The zero-order valence-corrected chi connectivity index (χ0v) is 12.0. The molecule has 0 aliphatic carbocycles. The van der Waals surface area contributed by atoms with Crippen molar-refractivity contribution in [1.82, 2.24) is 0 Å². The topological polar surface area (TPSA) is 0 Å². The third-order valence-electron chi connectivity index (χ3n) is 2.41. The van der Waals surface area contributed by atoms with E-state index >= 15 is 0 Å². The Morgan fingerprint density at radius 2 is 1.78 bits per heavy atom. The van der Waals surface area contributed by atoms with E-state index in [-0.39, 0.29) is 5.56 Å². The quantitative estimate of drug-likeness (QED) is 0.608. The van der Waals surface area contributed by atoms with Crippen LogP contribution in [0.25, 0.3) is 0 Å². The fraction of sp³-hybridized carbons (Fsp3) is 0.0769. The second-order valence-corrected chi connectivity index (χ2v) is 5.52. The highest BCUT2D eigenvalue weighted by atomic mass is 79.9. The third kappa shape index (κ3) is 3.02. The van der Waals surface area contributed by atoms with Crippen LogP contribution < -0.4 is 0 Å². The minimum atomic E-state index is -0.722. The molecule has 1 atom stereocenters. The number of halogens is 5. The van der Waals surface area contributed by atoms with Crippen molar-refractivity contribution >= 4 is 39.1 Å². The number of rotatable bonds is 2. The summed E-state index contributed by atoms with van der Waals surface area (Å²) in [6, 6.07) is 8.41. The van der Waals surface area contributed by atoms with Gasteiger partial charge in [-0.3, -0.25) is 0 Å². The molecule has 2 aromatic rings. The first-order chi connectivity index (χ1) is 8.47. The van der Waals surface area contributed by atoms with Gasteiger partial charge in [0.25, 0.3) is 0 Å². The van der Waals surface area contributed by atoms with E-state index in [0.717, 1.165) is 10.5 Å². The molecule has 0 N–H and O–H groups in total. The van der Waals surface area contributed by atoms with Gasteiger partial charge in [-0.05, 0) is 29.8 Å². The first-order valence-electron chi connectivity index (χ1n) is 5.02. The molecule has 1 unspecified atom stereocenters. The van der Waals surface area contributed by atoms with Crippen LogP contribution in [0.15, 0.2) is 40.9 Å². The van der Waals surface area contributed by atoms with Crippen molar-refractivity contribution in [3.05, 3.63) is 68.7 Å². The van der Waals surface area contributed by atoms with E-state index in [1.54, 1.807) is 18.2 Å². The summed E-state index contributed by atoms with van der Waals surface area (Å²) in [5.74, 6) is -1.31. The molecule has 2 aromatic carbocycles. The monoisotopic (exact) mass is 350 g/mol. The van der Waals surface area contributed by atoms with Crippen molar-refractivity contribution in [1.29, 1.82) is 0 Å². The predicted octanol–water partition coefficient (Wildman–Crippen LogP) is 5.71. The van der Waals surface area contributed by atoms with Crippen molar-refractivity contribution in [2.45, 2.75) is 5.38 Å². The number of hydrogen-bond acceptors (Lipinski definition) is 0. The molecule has 0 aliphatic heterocycles. The summed E-state index contributed by atoms with van der Waals surface area (Å²) >= 11 is 15.4. The van der Waals surface area contributed by atoms with Crippen LogP contribution in [-0.2, 0) is 0 Å². The summed E-state index contributed by atoms with van der Waals surface area (Å²) in [5.41, 5.74) is 0.855. The molecule has 0 heterocycles. The lowest BCUT2D eigenvalue weighted by Crippen LogP contribution is -1.98. The minimum Gasteiger partial charge on any atom is -0.207 e. The molecule has 0 nitrogen and oxygen atoms in total. The smallest absolute Gasteiger partial charge is 0.131 e. The number of alkyl halides is 1. The van der Waals surface area contributed by atoms with Gasteiger partial charge < -0.3 is 0 Å². The first kappa shape index (κ1) is 13.8. The number of benzene rings is 2. The van der Waals surface area contributed by atoms with Crippen LogP contribution in [0.5, 0.6) is 0 Å². The Bertz CT molecular complexity index is 567. The van der Waals surface area contributed by atoms with Crippen LogP contribution in [0.3, 0.4) is 0 Å². The molecule has 0 saturated heterocycles. The fourth-order valence-corrected chi connectivity index (χ4v) is 2.80. The highest BCUT2D eigenvalue weighted by Gasteiger charge is 2.16. The van der Waals surface area contributed by atoms with Crippen LogP contribution in [-0.4, -0.2) is 0 Å². The molecule has 0 saturated carbocycles. The van der Waals surface area contributed by atoms with Gasteiger partial charge in [0.1, 0.15) is 11.6 Å². The fourth-order valence-electron chi connectivity index (χ4n) is 1.61. The lowest BCUT2D eigenvalue weighted by Gasteiger charge is -2.12. The van der Waals surface area contributed by atoms with E-state index < -0.39 is 17.0 Å². The van der Waals surface area contributed by atoms with Gasteiger partial charge in [0.15, 0.2) is 0 Å². The summed E-state index contributed by atoms with van der Waals surface area (Å²) < 4.78 is 27.2. The van der Waals surface area contributed by atoms with Gasteiger partial charge in [-0.15, -0.1) is 11.6 Å². The summed E-state index contributed by atoms with van der Waals surface area (Å²) in [4.78, 5) is 0. The Morgan fingerprint density at radius 3 is 2.39 bits per heavy atom. The van der Waals surface area contributed by atoms with Crippen molar-refractivity contribution in [2.24, 2.45) is 0 Å². The van der Waals surface area contributed by atoms with Crippen molar-refractivity contribution in [3.63, 3.8) is 0 Å². The van der Waals surface area contributed by atoms with Gasteiger partial charge >= 0.3 is 0 Å². The number of hydrogen-bond donors (Lipinski definition) is 0. The summed E-state index contributed by atoms with van der Waals surface area (Å²) in [6.07, 6.45) is 0. The molecule has 5 heteroatoms. The molecule has 0 radical (unpaired) electrons. The average molecular weight is 352 g/mol. The molecule has 2 rings (SSSR count). The van der Waals surface area contributed by atoms with Gasteiger partial charge in [0.2, 0.25) is 0 Å². The second-order valence-electron chi connectivity index (χ2n) is 3.73. The van der Waals surface area contributed by atoms with Crippen molar-refractivity contribution in [3.8, 4) is 0 Å². The van der Waals surface area contributed by atoms with Gasteiger partial charge in [0.05, 0.1) is 5.38 Å². The molecule has 18 heavy (non-hydrogen) atoms. The highest BCUT2D eigenvalue weighted by molar-refractivity contribution is 9.10. The van der Waals surface area contributed by atoms with Crippen LogP contribution in [0, 0.1) is 11.6 Å². The SMILES string of the molecule is Fc1ccc(C(Cl)c2cc(Cl)cc(Br)c2)c(F)c1. The maximum atomic E-state index is 13.6. The van der Waals surface area contributed by atoms with Gasteiger partial charge in [0, 0.05) is 21.1 Å². The zero-order chi connectivity index (χ0) is 13.3. The predicted molar refractivity (Wildman–Crippen MR) is 73.2 cm³/mol. The van der Waals surface area contributed by atoms with E-state index in [4.69, 9.17) is 23.2 Å². The summed E-state index contributed by atoms with van der Waals surface area (Å²) in [5, 5.41) is -0.229. The van der Waals surface area contributed by atoms with Crippen LogP contribution in [0.2, 0.25) is 5.02 Å². The Morgan fingerprint density at radius 1 is 1.06 bits per heavy atom. The molecule has 0 aromatic heterocycles. The zero-order valence-electron chi connectivity index (χ0n) is 8.93. The molecular weight excluding hydrogens is 345 g/mol. The highest BCUT2D eigenvalue weighted by Crippen LogP contribution is 2.34. The first-order valence-corrected chi connectivity index (χ1v) is 6.63. The Kier molecular flexibility index (Phi) is 4.25. The maximum absolute atomic E-state index is 13.6. The summed E-state index contributed by atoms with van der Waals surface area (Å²) in [6.45, 7) is 0. The van der Waals surface area contributed by atoms with E-state index in [0.29, 0.717) is 10.6 Å². The minimum absolute atomic E-state index is 0.215. The molecule has 0 amide bonds. The lowest BCUT2D eigenvalue weighted by atomic mass is 10.0. The Labute approximate surface area is 122 Å². The van der Waals surface area contributed by atoms with Crippen molar-refractivity contribution < 1.29 is 8.78 Å². The van der Waals surface area contributed by atoms with Gasteiger partial charge in [-0.1, -0.05) is 33.6 Å². The second kappa shape index (κ2) is 5.55. The summed E-state index contributed by atoms with van der Waals surface area (Å²) in [7, 11) is 0.